The summed E-state index contributed by atoms with van der Waals surface area (Å²) >= 11 is 5.15. The smallest absolute Gasteiger partial charge is 0.231 e. The van der Waals surface area contributed by atoms with Crippen LogP contribution in [-0.4, -0.2) is 62.1 Å². The molecule has 1 aromatic rings. The maximum absolute atomic E-state index is 4.94. The summed E-state index contributed by atoms with van der Waals surface area (Å²) in [5.74, 6) is 3.50. The van der Waals surface area contributed by atoms with E-state index in [9.17, 15) is 0 Å². The molecule has 0 amide bonds. The van der Waals surface area contributed by atoms with Crippen LogP contribution in [0, 0.1) is 5.92 Å². The number of halogens is 2. The summed E-state index contributed by atoms with van der Waals surface area (Å²) < 4.78 is 1.57. The van der Waals surface area contributed by atoms with Crippen LogP contribution in [0.2, 0.25) is 0 Å². The van der Waals surface area contributed by atoms with E-state index in [0.29, 0.717) is 0 Å². The Morgan fingerprint density at radius 3 is 1.22 bits per heavy atom. The van der Waals surface area contributed by atoms with Crippen molar-refractivity contribution in [3.05, 3.63) is 0 Å². The van der Waals surface area contributed by atoms with Gasteiger partial charge in [0.1, 0.15) is 0 Å². The van der Waals surface area contributed by atoms with Crippen molar-refractivity contribution in [3.63, 3.8) is 0 Å². The Kier molecular flexibility index (Phi) is 6.81. The molecule has 0 unspecified atom stereocenters. The largest absolute Gasteiger partial charge is 0.341 e. The van der Waals surface area contributed by atoms with Gasteiger partial charge in [0, 0.05) is 47.1 Å². The van der Waals surface area contributed by atoms with Gasteiger partial charge in [-0.1, -0.05) is 52.1 Å². The monoisotopic (exact) mass is 596 g/mol. The molecule has 0 aliphatic carbocycles. The highest BCUT2D eigenvalue weighted by Gasteiger charge is 2.26. The van der Waals surface area contributed by atoms with Gasteiger partial charge in [0.25, 0.3) is 0 Å². The molecule has 0 aromatic carbocycles. The standard InChI is InChI=1S/C19H30I2N6/c1-14-2-8-25(9-3-14)17-22-18(26-10-4-15(20)5-11-26)24-19(23-17)27-12-6-16(21)7-13-27/h14-16H,2-13H2,1H3. The van der Waals surface area contributed by atoms with E-state index < -0.39 is 0 Å². The van der Waals surface area contributed by atoms with Crippen LogP contribution < -0.4 is 14.7 Å². The molecule has 0 saturated carbocycles. The van der Waals surface area contributed by atoms with Gasteiger partial charge in [-0.3, -0.25) is 0 Å². The Morgan fingerprint density at radius 2 is 0.889 bits per heavy atom. The van der Waals surface area contributed by atoms with Crippen LogP contribution in [0.1, 0.15) is 45.4 Å². The van der Waals surface area contributed by atoms with Crippen LogP contribution in [0.3, 0.4) is 0 Å². The molecule has 4 rings (SSSR count). The lowest BCUT2D eigenvalue weighted by molar-refractivity contribution is 0.434. The molecule has 4 heterocycles. The number of anilines is 3. The number of nitrogens with zero attached hydrogens (tertiary/aromatic N) is 6. The fraction of sp³-hybridized carbons (Fsp3) is 0.842. The summed E-state index contributed by atoms with van der Waals surface area (Å²) in [6.07, 6.45) is 7.35. The summed E-state index contributed by atoms with van der Waals surface area (Å²) in [5.41, 5.74) is 0. The first kappa shape index (κ1) is 20.2. The second kappa shape index (κ2) is 9.13. The third-order valence-electron chi connectivity index (χ3n) is 6.08. The molecule has 0 bridgehead atoms. The summed E-state index contributed by atoms with van der Waals surface area (Å²) in [7, 11) is 0. The summed E-state index contributed by atoms with van der Waals surface area (Å²) in [5, 5.41) is 0. The third kappa shape index (κ3) is 5.08. The molecule has 3 fully saturated rings. The normalized spacial score (nSPS) is 23.9. The van der Waals surface area contributed by atoms with Crippen molar-refractivity contribution < 1.29 is 0 Å². The molecule has 3 aliphatic rings. The van der Waals surface area contributed by atoms with Crippen LogP contribution in [0.25, 0.3) is 0 Å². The van der Waals surface area contributed by atoms with Crippen LogP contribution in [-0.2, 0) is 0 Å². The van der Waals surface area contributed by atoms with Crippen LogP contribution in [0.4, 0.5) is 17.8 Å². The third-order valence-corrected chi connectivity index (χ3v) is 8.57. The van der Waals surface area contributed by atoms with Gasteiger partial charge in [0.2, 0.25) is 17.8 Å². The second-order valence-corrected chi connectivity index (χ2v) is 11.8. The highest BCUT2D eigenvalue weighted by Crippen LogP contribution is 2.28. The Hall–Kier alpha value is -0.130. The average molecular weight is 596 g/mol. The minimum absolute atomic E-state index is 0.783. The molecule has 8 heteroatoms. The highest BCUT2D eigenvalue weighted by atomic mass is 127. The van der Waals surface area contributed by atoms with Gasteiger partial charge in [-0.2, -0.15) is 15.0 Å². The van der Waals surface area contributed by atoms with Crippen molar-refractivity contribution in [1.29, 1.82) is 0 Å². The zero-order chi connectivity index (χ0) is 18.8. The van der Waals surface area contributed by atoms with Crippen molar-refractivity contribution in [2.24, 2.45) is 5.92 Å². The first-order chi connectivity index (χ1) is 13.1. The molecule has 3 saturated heterocycles. The fourth-order valence-electron chi connectivity index (χ4n) is 4.07. The number of piperidine rings is 3. The maximum atomic E-state index is 4.94. The molecule has 0 atom stereocenters. The number of rotatable bonds is 3. The predicted molar refractivity (Wildman–Crippen MR) is 129 cm³/mol. The van der Waals surface area contributed by atoms with E-state index in [-0.39, 0.29) is 0 Å². The average Bonchev–Trinajstić information content (AvgIpc) is 2.69. The minimum Gasteiger partial charge on any atom is -0.341 e. The van der Waals surface area contributed by atoms with Crippen molar-refractivity contribution in [3.8, 4) is 0 Å². The molecular weight excluding hydrogens is 566 g/mol. The Balaban J connectivity index is 1.59. The van der Waals surface area contributed by atoms with E-state index in [1.54, 1.807) is 0 Å². The molecule has 3 aliphatic heterocycles. The summed E-state index contributed by atoms with van der Waals surface area (Å²) in [6, 6.07) is 0. The lowest BCUT2D eigenvalue weighted by Gasteiger charge is -2.35. The van der Waals surface area contributed by atoms with Crippen LogP contribution in [0.5, 0.6) is 0 Å². The number of aromatic nitrogens is 3. The molecule has 0 spiro atoms. The van der Waals surface area contributed by atoms with E-state index in [1.807, 2.05) is 0 Å². The molecule has 0 N–H and O–H groups in total. The molecule has 150 valence electrons. The molecule has 6 nitrogen and oxygen atoms in total. The zero-order valence-corrected chi connectivity index (χ0v) is 20.5. The zero-order valence-electron chi connectivity index (χ0n) is 16.2. The van der Waals surface area contributed by atoms with Gasteiger partial charge in [-0.15, -0.1) is 0 Å². The molecule has 1 aromatic heterocycles. The summed E-state index contributed by atoms with van der Waals surface area (Å²) in [4.78, 5) is 22.0. The fourth-order valence-corrected chi connectivity index (χ4v) is 5.19. The van der Waals surface area contributed by atoms with Crippen molar-refractivity contribution in [2.45, 2.75) is 53.3 Å². The molecule has 27 heavy (non-hydrogen) atoms. The quantitative estimate of drug-likeness (QED) is 0.390. The van der Waals surface area contributed by atoms with Crippen molar-refractivity contribution in [2.75, 3.05) is 54.0 Å². The van der Waals surface area contributed by atoms with E-state index >= 15 is 0 Å². The Morgan fingerprint density at radius 1 is 0.593 bits per heavy atom. The van der Waals surface area contributed by atoms with Gasteiger partial charge in [-0.05, 0) is 44.4 Å². The lowest BCUT2D eigenvalue weighted by atomic mass is 10.00. The van der Waals surface area contributed by atoms with Crippen LogP contribution in [0.15, 0.2) is 0 Å². The van der Waals surface area contributed by atoms with Gasteiger partial charge in [-0.25, -0.2) is 0 Å². The predicted octanol–water partition coefficient (Wildman–Crippen LogP) is 3.92. The topological polar surface area (TPSA) is 48.4 Å². The highest BCUT2D eigenvalue weighted by molar-refractivity contribution is 14.1. The van der Waals surface area contributed by atoms with E-state index in [1.165, 1.54) is 38.5 Å². The first-order valence-corrected chi connectivity index (χ1v) is 12.9. The number of alkyl halides is 2. The minimum atomic E-state index is 0.783. The SMILES string of the molecule is CC1CCN(c2nc(N3CCC(I)CC3)nc(N3CCC(I)CC3)n2)CC1. The van der Waals surface area contributed by atoms with Crippen molar-refractivity contribution >= 4 is 63.0 Å². The van der Waals surface area contributed by atoms with E-state index in [0.717, 1.165) is 70.9 Å². The van der Waals surface area contributed by atoms with E-state index in [4.69, 9.17) is 15.0 Å². The summed E-state index contributed by atoms with van der Waals surface area (Å²) in [6.45, 7) is 8.72. The van der Waals surface area contributed by atoms with E-state index in [2.05, 4.69) is 66.8 Å². The second-order valence-electron chi connectivity index (χ2n) is 8.23. The number of hydrogen-bond donors (Lipinski definition) is 0. The van der Waals surface area contributed by atoms with Gasteiger partial charge in [0.05, 0.1) is 0 Å². The van der Waals surface area contributed by atoms with Crippen molar-refractivity contribution in [1.82, 2.24) is 15.0 Å². The molecule has 0 radical (unpaired) electrons. The first-order valence-electron chi connectivity index (χ1n) is 10.4. The molecular formula is C19H30I2N6. The Labute approximate surface area is 190 Å². The van der Waals surface area contributed by atoms with Crippen LogP contribution >= 0.6 is 45.2 Å². The van der Waals surface area contributed by atoms with Gasteiger partial charge >= 0.3 is 0 Å². The maximum Gasteiger partial charge on any atom is 0.231 e. The number of hydrogen-bond acceptors (Lipinski definition) is 6. The Bertz CT molecular complexity index is 523. The lowest BCUT2D eigenvalue weighted by Crippen LogP contribution is -2.39. The van der Waals surface area contributed by atoms with Gasteiger partial charge < -0.3 is 14.7 Å². The van der Waals surface area contributed by atoms with Gasteiger partial charge in [0.15, 0.2) is 0 Å².